The highest BCUT2D eigenvalue weighted by Gasteiger charge is 2.27. The van der Waals surface area contributed by atoms with E-state index in [1.807, 2.05) is 24.6 Å². The van der Waals surface area contributed by atoms with Crippen LogP contribution in [0.25, 0.3) is 0 Å². The summed E-state index contributed by atoms with van der Waals surface area (Å²) in [5.74, 6) is 2.31. The fourth-order valence-corrected chi connectivity index (χ4v) is 5.29. The molecule has 2 heterocycles. The molecule has 186 valence electrons. The number of anilines is 1. The van der Waals surface area contributed by atoms with E-state index in [2.05, 4.69) is 33.1 Å². The van der Waals surface area contributed by atoms with Crippen LogP contribution >= 0.6 is 22.9 Å². The normalized spacial score (nSPS) is 16.3. The first-order valence-electron chi connectivity index (χ1n) is 11.6. The quantitative estimate of drug-likeness (QED) is 0.467. The van der Waals surface area contributed by atoms with Crippen molar-refractivity contribution in [2.45, 2.75) is 33.0 Å². The molecule has 0 aliphatic carbocycles. The molecule has 1 aliphatic heterocycles. The van der Waals surface area contributed by atoms with Crippen LogP contribution in [0.2, 0.25) is 5.02 Å². The fraction of sp³-hybridized carbons (Fsp3) is 0.385. The summed E-state index contributed by atoms with van der Waals surface area (Å²) in [6.07, 6.45) is 0. The molecule has 3 aromatic rings. The largest absolute Gasteiger partial charge is 0.493 e. The first-order chi connectivity index (χ1) is 16.9. The number of methoxy groups -OCH3 is 2. The standard InChI is InChI=1S/C26H31ClN4O3S/c1-17-14-31(11-10-30(17)15-19-8-9-22(33-3)23(12-19)34-4)25-24(35-16-29-25)13-28-26(32)20-6-5-7-21(27)18(20)2/h5-9,12,16-17H,10-11,13-15H2,1-4H3,(H,28,32). The molecule has 0 radical (unpaired) electrons. The van der Waals surface area contributed by atoms with Gasteiger partial charge in [0.25, 0.3) is 5.91 Å². The van der Waals surface area contributed by atoms with Gasteiger partial charge in [0, 0.05) is 42.8 Å². The lowest BCUT2D eigenvalue weighted by Crippen LogP contribution is -2.51. The maximum Gasteiger partial charge on any atom is 0.251 e. The smallest absolute Gasteiger partial charge is 0.251 e. The van der Waals surface area contributed by atoms with Crippen molar-refractivity contribution in [2.24, 2.45) is 0 Å². The summed E-state index contributed by atoms with van der Waals surface area (Å²) < 4.78 is 10.8. The minimum atomic E-state index is -0.127. The minimum Gasteiger partial charge on any atom is -0.493 e. The van der Waals surface area contributed by atoms with Gasteiger partial charge in [0.05, 0.1) is 31.2 Å². The second kappa shape index (κ2) is 11.3. The summed E-state index contributed by atoms with van der Waals surface area (Å²) >= 11 is 7.75. The van der Waals surface area contributed by atoms with Crippen molar-refractivity contribution in [2.75, 3.05) is 38.8 Å². The number of aromatic nitrogens is 1. The lowest BCUT2D eigenvalue weighted by atomic mass is 10.1. The van der Waals surface area contributed by atoms with Gasteiger partial charge in [0.15, 0.2) is 11.5 Å². The molecule has 35 heavy (non-hydrogen) atoms. The summed E-state index contributed by atoms with van der Waals surface area (Å²) in [5.41, 5.74) is 4.43. The Hall–Kier alpha value is -2.81. The topological polar surface area (TPSA) is 66.9 Å². The molecule has 1 saturated heterocycles. The maximum atomic E-state index is 12.7. The molecule has 0 saturated carbocycles. The van der Waals surface area contributed by atoms with Gasteiger partial charge in [-0.25, -0.2) is 4.98 Å². The third kappa shape index (κ3) is 5.72. The second-order valence-electron chi connectivity index (χ2n) is 8.65. The molecular weight excluding hydrogens is 484 g/mol. The third-order valence-corrected chi connectivity index (χ3v) is 7.67. The molecule has 1 aromatic heterocycles. The van der Waals surface area contributed by atoms with E-state index in [1.165, 1.54) is 5.56 Å². The highest BCUT2D eigenvalue weighted by atomic mass is 35.5. The number of hydrogen-bond acceptors (Lipinski definition) is 7. The SMILES string of the molecule is COc1ccc(CN2CCN(c3ncsc3CNC(=O)c3cccc(Cl)c3C)CC2C)cc1OC. The number of halogens is 1. The average Bonchev–Trinajstić information content (AvgIpc) is 3.34. The van der Waals surface area contributed by atoms with Gasteiger partial charge >= 0.3 is 0 Å². The molecule has 1 atom stereocenters. The van der Waals surface area contributed by atoms with Crippen LogP contribution < -0.4 is 19.7 Å². The zero-order valence-electron chi connectivity index (χ0n) is 20.5. The highest BCUT2D eigenvalue weighted by molar-refractivity contribution is 7.10. The lowest BCUT2D eigenvalue weighted by Gasteiger charge is -2.40. The molecule has 4 rings (SSSR count). The van der Waals surface area contributed by atoms with Crippen molar-refractivity contribution < 1.29 is 14.3 Å². The van der Waals surface area contributed by atoms with Crippen LogP contribution in [0.1, 0.15) is 33.3 Å². The van der Waals surface area contributed by atoms with E-state index in [-0.39, 0.29) is 5.91 Å². The Balaban J connectivity index is 1.37. The van der Waals surface area contributed by atoms with Gasteiger partial charge in [-0.15, -0.1) is 11.3 Å². The van der Waals surface area contributed by atoms with Gasteiger partial charge in [-0.1, -0.05) is 23.7 Å². The predicted octanol–water partition coefficient (Wildman–Crippen LogP) is 4.76. The monoisotopic (exact) mass is 514 g/mol. The Morgan fingerprint density at radius 1 is 1.20 bits per heavy atom. The number of piperazine rings is 1. The van der Waals surface area contributed by atoms with Crippen LogP contribution in [-0.2, 0) is 13.1 Å². The zero-order chi connectivity index (χ0) is 24.9. The Morgan fingerprint density at radius 3 is 2.74 bits per heavy atom. The zero-order valence-corrected chi connectivity index (χ0v) is 22.1. The third-order valence-electron chi connectivity index (χ3n) is 6.44. The summed E-state index contributed by atoms with van der Waals surface area (Å²) in [7, 11) is 3.31. The second-order valence-corrected chi connectivity index (χ2v) is 10.00. The lowest BCUT2D eigenvalue weighted by molar-refractivity contribution is 0.0950. The van der Waals surface area contributed by atoms with Crippen LogP contribution in [-0.4, -0.2) is 55.7 Å². The van der Waals surface area contributed by atoms with Crippen LogP contribution in [0, 0.1) is 6.92 Å². The Kier molecular flexibility index (Phi) is 8.15. The number of amides is 1. The van der Waals surface area contributed by atoms with E-state index in [0.29, 0.717) is 23.2 Å². The first kappa shape index (κ1) is 25.3. The number of hydrogen-bond donors (Lipinski definition) is 1. The van der Waals surface area contributed by atoms with E-state index >= 15 is 0 Å². The maximum absolute atomic E-state index is 12.7. The number of ether oxygens (including phenoxy) is 2. The number of carbonyl (C=O) groups is 1. The van der Waals surface area contributed by atoms with Crippen molar-refractivity contribution in [3.05, 3.63) is 68.5 Å². The highest BCUT2D eigenvalue weighted by Crippen LogP contribution is 2.30. The van der Waals surface area contributed by atoms with Crippen molar-refractivity contribution in [3.8, 4) is 11.5 Å². The van der Waals surface area contributed by atoms with Crippen LogP contribution in [0.3, 0.4) is 0 Å². The van der Waals surface area contributed by atoms with E-state index in [0.717, 1.165) is 53.9 Å². The van der Waals surface area contributed by atoms with Crippen molar-refractivity contribution in [1.82, 2.24) is 15.2 Å². The summed E-state index contributed by atoms with van der Waals surface area (Å²) in [6, 6.07) is 11.8. The van der Waals surface area contributed by atoms with E-state index in [4.69, 9.17) is 21.1 Å². The fourth-order valence-electron chi connectivity index (χ4n) is 4.39. The molecule has 1 amide bonds. The van der Waals surface area contributed by atoms with Gasteiger partial charge in [0.1, 0.15) is 5.82 Å². The average molecular weight is 515 g/mol. The number of nitrogens with zero attached hydrogens (tertiary/aromatic N) is 3. The molecule has 0 spiro atoms. The Labute approximate surface area is 215 Å². The molecular formula is C26H31ClN4O3S. The Morgan fingerprint density at radius 2 is 2.00 bits per heavy atom. The summed E-state index contributed by atoms with van der Waals surface area (Å²) in [6.45, 7) is 8.03. The van der Waals surface area contributed by atoms with Crippen LogP contribution in [0.5, 0.6) is 11.5 Å². The number of carbonyl (C=O) groups excluding carboxylic acids is 1. The van der Waals surface area contributed by atoms with E-state index in [1.54, 1.807) is 43.8 Å². The first-order valence-corrected chi connectivity index (χ1v) is 12.8. The molecule has 1 N–H and O–H groups in total. The molecule has 1 fully saturated rings. The van der Waals surface area contributed by atoms with Gasteiger partial charge in [0.2, 0.25) is 0 Å². The Bertz CT molecular complexity index is 1190. The molecule has 7 nitrogen and oxygen atoms in total. The van der Waals surface area contributed by atoms with Crippen LogP contribution in [0.4, 0.5) is 5.82 Å². The predicted molar refractivity (Wildman–Crippen MR) is 141 cm³/mol. The van der Waals surface area contributed by atoms with Gasteiger partial charge in [-0.3, -0.25) is 9.69 Å². The molecule has 1 unspecified atom stereocenters. The van der Waals surface area contributed by atoms with Gasteiger partial charge in [-0.05, 0) is 49.2 Å². The molecule has 1 aliphatic rings. The minimum absolute atomic E-state index is 0.127. The number of rotatable bonds is 8. The van der Waals surface area contributed by atoms with Gasteiger partial charge in [-0.2, -0.15) is 0 Å². The molecule has 9 heteroatoms. The molecule has 0 bridgehead atoms. The summed E-state index contributed by atoms with van der Waals surface area (Å²) in [5, 5.41) is 3.63. The van der Waals surface area contributed by atoms with E-state index in [9.17, 15) is 4.79 Å². The van der Waals surface area contributed by atoms with Gasteiger partial charge < -0.3 is 19.7 Å². The summed E-state index contributed by atoms with van der Waals surface area (Å²) in [4.78, 5) is 23.2. The number of benzene rings is 2. The van der Waals surface area contributed by atoms with Crippen LogP contribution in [0.15, 0.2) is 41.9 Å². The van der Waals surface area contributed by atoms with E-state index < -0.39 is 0 Å². The van der Waals surface area contributed by atoms with Crippen molar-refractivity contribution in [1.29, 1.82) is 0 Å². The number of thiazole rings is 1. The van der Waals surface area contributed by atoms with Crippen molar-refractivity contribution >= 4 is 34.7 Å². The number of nitrogens with one attached hydrogen (secondary N) is 1. The van der Waals surface area contributed by atoms with Crippen molar-refractivity contribution in [3.63, 3.8) is 0 Å². The molecule has 2 aromatic carbocycles.